The lowest BCUT2D eigenvalue weighted by Gasteiger charge is -2.25. The summed E-state index contributed by atoms with van der Waals surface area (Å²) in [6.07, 6.45) is 4.33. The maximum Gasteiger partial charge on any atom is 0.0462 e. The SMILES string of the molecule is Cc1ccc(/C=C/c2ccc(N(c3ccccc3)c3ccc(-c4ccc5ccccc5c4)cc3)cc2)cc1. The summed E-state index contributed by atoms with van der Waals surface area (Å²) in [6.45, 7) is 2.11. The Kier molecular flexibility index (Phi) is 6.57. The first kappa shape index (κ1) is 23.5. The lowest BCUT2D eigenvalue weighted by Crippen LogP contribution is -2.09. The van der Waals surface area contributed by atoms with Crippen LogP contribution < -0.4 is 4.90 Å². The maximum atomic E-state index is 2.30. The van der Waals surface area contributed by atoms with Crippen LogP contribution in [-0.2, 0) is 0 Å². The van der Waals surface area contributed by atoms with Gasteiger partial charge in [0.25, 0.3) is 0 Å². The second kappa shape index (κ2) is 10.6. The van der Waals surface area contributed by atoms with E-state index >= 15 is 0 Å². The summed E-state index contributed by atoms with van der Waals surface area (Å²) in [6, 6.07) is 51.9. The topological polar surface area (TPSA) is 3.24 Å². The molecular weight excluding hydrogens is 458 g/mol. The van der Waals surface area contributed by atoms with Gasteiger partial charge in [-0.15, -0.1) is 0 Å². The summed E-state index contributed by atoms with van der Waals surface area (Å²) < 4.78 is 0. The number of anilines is 3. The predicted octanol–water partition coefficient (Wildman–Crippen LogP) is 10.5. The van der Waals surface area contributed by atoms with Crippen molar-refractivity contribution in [2.75, 3.05) is 4.90 Å². The third-order valence-corrected chi connectivity index (χ3v) is 6.92. The highest BCUT2D eigenvalue weighted by molar-refractivity contribution is 5.88. The second-order valence-electron chi connectivity index (χ2n) is 9.62. The zero-order chi connectivity index (χ0) is 25.7. The molecule has 0 unspecified atom stereocenters. The standard InChI is InChI=1S/C37H29N/c1-28-11-13-29(14-12-28)15-16-30-17-23-36(24-18-30)38(35-9-3-2-4-10-35)37-25-21-32(22-26-37)34-20-19-31-7-5-6-8-33(31)27-34/h2-27H,1H3/b16-15+. The molecule has 1 nitrogen and oxygen atoms in total. The van der Waals surface area contributed by atoms with E-state index in [-0.39, 0.29) is 0 Å². The molecule has 0 atom stereocenters. The monoisotopic (exact) mass is 487 g/mol. The lowest BCUT2D eigenvalue weighted by molar-refractivity contribution is 1.28. The Hall–Kier alpha value is -4.88. The van der Waals surface area contributed by atoms with Crippen molar-refractivity contribution < 1.29 is 0 Å². The van der Waals surface area contributed by atoms with Gasteiger partial charge in [0.1, 0.15) is 0 Å². The van der Waals surface area contributed by atoms with Crippen LogP contribution in [0.5, 0.6) is 0 Å². The quantitative estimate of drug-likeness (QED) is 0.211. The van der Waals surface area contributed by atoms with Crippen LogP contribution in [-0.4, -0.2) is 0 Å². The van der Waals surface area contributed by atoms with Gasteiger partial charge in [-0.05, 0) is 82.4 Å². The Bertz CT molecular complexity index is 1680. The highest BCUT2D eigenvalue weighted by atomic mass is 15.1. The molecule has 38 heavy (non-hydrogen) atoms. The molecule has 0 N–H and O–H groups in total. The van der Waals surface area contributed by atoms with Crippen LogP contribution in [0.25, 0.3) is 34.1 Å². The van der Waals surface area contributed by atoms with Crippen molar-refractivity contribution in [1.82, 2.24) is 0 Å². The molecule has 0 bridgehead atoms. The zero-order valence-electron chi connectivity index (χ0n) is 21.5. The Morgan fingerprint density at radius 1 is 0.421 bits per heavy atom. The molecule has 6 aromatic carbocycles. The van der Waals surface area contributed by atoms with Crippen LogP contribution in [0.2, 0.25) is 0 Å². The van der Waals surface area contributed by atoms with E-state index < -0.39 is 0 Å². The second-order valence-corrected chi connectivity index (χ2v) is 9.62. The maximum absolute atomic E-state index is 2.30. The summed E-state index contributed by atoms with van der Waals surface area (Å²) in [7, 11) is 0. The molecule has 6 rings (SSSR count). The Balaban J connectivity index is 1.30. The van der Waals surface area contributed by atoms with Crippen LogP contribution in [0.4, 0.5) is 17.1 Å². The van der Waals surface area contributed by atoms with Gasteiger partial charge in [0, 0.05) is 17.1 Å². The van der Waals surface area contributed by atoms with E-state index in [1.54, 1.807) is 0 Å². The molecular formula is C37H29N. The van der Waals surface area contributed by atoms with Gasteiger partial charge in [-0.3, -0.25) is 0 Å². The molecule has 182 valence electrons. The van der Waals surface area contributed by atoms with Gasteiger partial charge in [-0.25, -0.2) is 0 Å². The van der Waals surface area contributed by atoms with E-state index in [1.807, 2.05) is 0 Å². The minimum Gasteiger partial charge on any atom is -0.311 e. The number of para-hydroxylation sites is 1. The number of aryl methyl sites for hydroxylation is 1. The van der Waals surface area contributed by atoms with E-state index in [4.69, 9.17) is 0 Å². The van der Waals surface area contributed by atoms with E-state index in [1.165, 1.54) is 38.6 Å². The predicted molar refractivity (Wildman–Crippen MR) is 164 cm³/mol. The van der Waals surface area contributed by atoms with E-state index in [0.29, 0.717) is 0 Å². The normalized spacial score (nSPS) is 11.2. The minimum absolute atomic E-state index is 1.13. The minimum atomic E-state index is 1.13. The average Bonchev–Trinajstić information content (AvgIpc) is 2.98. The Morgan fingerprint density at radius 3 is 1.58 bits per heavy atom. The number of rotatable bonds is 6. The van der Waals surface area contributed by atoms with Gasteiger partial charge in [0.15, 0.2) is 0 Å². The smallest absolute Gasteiger partial charge is 0.0462 e. The summed E-state index contributed by atoms with van der Waals surface area (Å²) in [5.41, 5.74) is 9.49. The largest absolute Gasteiger partial charge is 0.311 e. The van der Waals surface area contributed by atoms with Crippen molar-refractivity contribution in [1.29, 1.82) is 0 Å². The lowest BCUT2D eigenvalue weighted by atomic mass is 10.0. The Labute approximate surface area is 225 Å². The highest BCUT2D eigenvalue weighted by Crippen LogP contribution is 2.36. The molecule has 0 aliphatic carbocycles. The first-order valence-electron chi connectivity index (χ1n) is 13.0. The van der Waals surface area contributed by atoms with Crippen LogP contribution in [0.1, 0.15) is 16.7 Å². The zero-order valence-corrected chi connectivity index (χ0v) is 21.5. The van der Waals surface area contributed by atoms with Crippen molar-refractivity contribution in [3.05, 3.63) is 162 Å². The molecule has 0 aliphatic rings. The molecule has 1 heteroatoms. The molecule has 0 aliphatic heterocycles. The van der Waals surface area contributed by atoms with Gasteiger partial charge in [-0.1, -0.05) is 121 Å². The van der Waals surface area contributed by atoms with Crippen molar-refractivity contribution in [2.24, 2.45) is 0 Å². The highest BCUT2D eigenvalue weighted by Gasteiger charge is 2.12. The van der Waals surface area contributed by atoms with Crippen molar-refractivity contribution in [2.45, 2.75) is 6.92 Å². The number of hydrogen-bond donors (Lipinski definition) is 0. The van der Waals surface area contributed by atoms with E-state index in [9.17, 15) is 0 Å². The summed E-state index contributed by atoms with van der Waals surface area (Å²) in [4.78, 5) is 2.30. The van der Waals surface area contributed by atoms with Crippen LogP contribution in [0.3, 0.4) is 0 Å². The molecule has 0 radical (unpaired) electrons. The van der Waals surface area contributed by atoms with Gasteiger partial charge in [-0.2, -0.15) is 0 Å². The third kappa shape index (κ3) is 5.14. The fourth-order valence-electron chi connectivity index (χ4n) is 4.80. The summed E-state index contributed by atoms with van der Waals surface area (Å²) in [5, 5.41) is 2.52. The van der Waals surface area contributed by atoms with Crippen molar-refractivity contribution in [3.8, 4) is 11.1 Å². The molecule has 0 fully saturated rings. The average molecular weight is 488 g/mol. The number of fused-ring (bicyclic) bond motifs is 1. The van der Waals surface area contributed by atoms with Crippen LogP contribution in [0, 0.1) is 6.92 Å². The molecule has 0 saturated carbocycles. The fraction of sp³-hybridized carbons (Fsp3) is 0.0270. The summed E-state index contributed by atoms with van der Waals surface area (Å²) >= 11 is 0. The first-order chi connectivity index (χ1) is 18.7. The van der Waals surface area contributed by atoms with Crippen LogP contribution >= 0.6 is 0 Å². The van der Waals surface area contributed by atoms with Crippen molar-refractivity contribution >= 4 is 40.0 Å². The van der Waals surface area contributed by atoms with E-state index in [2.05, 4.69) is 170 Å². The third-order valence-electron chi connectivity index (χ3n) is 6.92. The first-order valence-corrected chi connectivity index (χ1v) is 13.0. The van der Waals surface area contributed by atoms with Gasteiger partial charge >= 0.3 is 0 Å². The van der Waals surface area contributed by atoms with Gasteiger partial charge in [0.05, 0.1) is 0 Å². The Morgan fingerprint density at radius 2 is 0.921 bits per heavy atom. The summed E-state index contributed by atoms with van der Waals surface area (Å²) in [5.74, 6) is 0. The van der Waals surface area contributed by atoms with E-state index in [0.717, 1.165) is 17.1 Å². The molecule has 6 aromatic rings. The molecule has 0 aromatic heterocycles. The van der Waals surface area contributed by atoms with Gasteiger partial charge < -0.3 is 4.90 Å². The van der Waals surface area contributed by atoms with Crippen molar-refractivity contribution in [3.63, 3.8) is 0 Å². The number of hydrogen-bond acceptors (Lipinski definition) is 1. The molecule has 0 spiro atoms. The van der Waals surface area contributed by atoms with Gasteiger partial charge in [0.2, 0.25) is 0 Å². The number of benzene rings is 6. The molecule has 0 amide bonds. The molecule has 0 heterocycles. The molecule has 0 saturated heterocycles. The van der Waals surface area contributed by atoms with Crippen LogP contribution in [0.15, 0.2) is 146 Å². The fourth-order valence-corrected chi connectivity index (χ4v) is 4.80. The number of nitrogens with zero attached hydrogens (tertiary/aromatic N) is 1.